The normalized spacial score (nSPS) is 26.1. The lowest BCUT2D eigenvalue weighted by Crippen LogP contribution is -2.55. The quantitative estimate of drug-likeness (QED) is 0.545. The molecule has 1 saturated carbocycles. The Morgan fingerprint density at radius 3 is 2.90 bits per heavy atom. The average molecular weight is 460 g/mol. The summed E-state index contributed by atoms with van der Waals surface area (Å²) in [4.78, 5) is 22.6. The summed E-state index contributed by atoms with van der Waals surface area (Å²) in [6.45, 7) is 4.78. The number of aromatic nitrogens is 2. The molecular weight excluding hydrogens is 434 g/mol. The van der Waals surface area contributed by atoms with Crippen LogP contribution >= 0.6 is 22.9 Å². The summed E-state index contributed by atoms with van der Waals surface area (Å²) in [5.74, 6) is 0.228. The number of nitrogens with one attached hydrogen (secondary N) is 1. The first-order valence-corrected chi connectivity index (χ1v) is 11.6. The molecule has 2 aromatic heterocycles. The molecule has 31 heavy (non-hydrogen) atoms. The molecule has 1 aliphatic carbocycles. The molecule has 2 N–H and O–H groups in total. The molecule has 0 spiro atoms. The van der Waals surface area contributed by atoms with Crippen LogP contribution in [0.15, 0.2) is 35.8 Å². The number of hydrogen-bond donors (Lipinski definition) is 2. The van der Waals surface area contributed by atoms with E-state index in [4.69, 9.17) is 16.3 Å². The van der Waals surface area contributed by atoms with E-state index in [1.165, 1.54) is 11.3 Å². The van der Waals surface area contributed by atoms with Crippen molar-refractivity contribution in [3.8, 4) is 5.75 Å². The lowest BCUT2D eigenvalue weighted by molar-refractivity contribution is -0.149. The second-order valence-corrected chi connectivity index (χ2v) is 9.60. The molecule has 1 aromatic carbocycles. The van der Waals surface area contributed by atoms with E-state index in [1.807, 2.05) is 36.6 Å². The summed E-state index contributed by atoms with van der Waals surface area (Å²) in [6, 6.07) is 7.89. The van der Waals surface area contributed by atoms with Crippen LogP contribution in [0.4, 0.5) is 0 Å². The number of ether oxygens (including phenoxy) is 1. The van der Waals surface area contributed by atoms with E-state index in [0.29, 0.717) is 29.6 Å². The molecule has 1 fully saturated rings. The summed E-state index contributed by atoms with van der Waals surface area (Å²) in [6.07, 6.45) is 2.97. The SMILES string of the molecule is COc1ccc(CNC2CCC(C(=O)O)(c3ncc4ccsc4n3)C(C)C2C)cc1Cl. The molecule has 0 amide bonds. The Balaban J connectivity index is 1.54. The number of halogens is 1. The summed E-state index contributed by atoms with van der Waals surface area (Å²) >= 11 is 7.76. The minimum absolute atomic E-state index is 0.126. The van der Waals surface area contributed by atoms with Crippen molar-refractivity contribution in [1.82, 2.24) is 15.3 Å². The van der Waals surface area contributed by atoms with Crippen LogP contribution in [0.1, 0.15) is 38.1 Å². The number of hydrogen-bond acceptors (Lipinski definition) is 6. The number of fused-ring (bicyclic) bond motifs is 1. The highest BCUT2D eigenvalue weighted by Gasteiger charge is 2.53. The van der Waals surface area contributed by atoms with Gasteiger partial charge in [-0.05, 0) is 53.8 Å². The Morgan fingerprint density at radius 2 is 2.19 bits per heavy atom. The standard InChI is InChI=1S/C23H26ClN3O3S/c1-13-14(2)23(22(28)29,21-26-12-16-7-9-31-20(16)27-21)8-6-18(13)25-11-15-4-5-19(30-3)17(24)10-15/h4-5,7,9-10,12-14,18,25H,6,8,11H2,1-3H3,(H,28,29). The maximum Gasteiger partial charge on any atom is 0.317 e. The largest absolute Gasteiger partial charge is 0.495 e. The van der Waals surface area contributed by atoms with Gasteiger partial charge in [-0.3, -0.25) is 4.79 Å². The van der Waals surface area contributed by atoms with Crippen molar-refractivity contribution < 1.29 is 14.6 Å². The number of carboxylic acids is 1. The van der Waals surface area contributed by atoms with Gasteiger partial charge in [0, 0.05) is 24.2 Å². The van der Waals surface area contributed by atoms with Crippen molar-refractivity contribution >= 4 is 39.1 Å². The van der Waals surface area contributed by atoms with E-state index in [-0.39, 0.29) is 17.9 Å². The molecule has 6 nitrogen and oxygen atoms in total. The molecule has 2 heterocycles. The minimum atomic E-state index is -1.08. The molecule has 4 atom stereocenters. The first-order valence-electron chi connectivity index (χ1n) is 10.4. The fourth-order valence-electron chi connectivity index (χ4n) is 4.71. The molecule has 8 heteroatoms. The summed E-state index contributed by atoms with van der Waals surface area (Å²) < 4.78 is 5.22. The monoisotopic (exact) mass is 459 g/mol. The molecule has 3 aromatic rings. The predicted molar refractivity (Wildman–Crippen MR) is 123 cm³/mol. The Kier molecular flexibility index (Phi) is 6.19. The van der Waals surface area contributed by atoms with Gasteiger partial charge in [-0.2, -0.15) is 0 Å². The third kappa shape index (κ3) is 3.90. The van der Waals surface area contributed by atoms with E-state index in [0.717, 1.165) is 22.2 Å². The van der Waals surface area contributed by atoms with Crippen molar-refractivity contribution in [1.29, 1.82) is 0 Å². The van der Waals surface area contributed by atoms with E-state index in [2.05, 4.69) is 22.2 Å². The fourth-order valence-corrected chi connectivity index (χ4v) is 5.73. The van der Waals surface area contributed by atoms with Gasteiger partial charge in [-0.25, -0.2) is 9.97 Å². The van der Waals surface area contributed by atoms with Crippen LogP contribution < -0.4 is 10.1 Å². The second-order valence-electron chi connectivity index (χ2n) is 8.29. The van der Waals surface area contributed by atoms with Gasteiger partial charge >= 0.3 is 5.97 Å². The topological polar surface area (TPSA) is 84.3 Å². The molecule has 164 valence electrons. The van der Waals surface area contributed by atoms with Gasteiger partial charge in [0.15, 0.2) is 0 Å². The Labute approximate surface area is 190 Å². The predicted octanol–water partition coefficient (Wildman–Crippen LogP) is 4.90. The number of methoxy groups -OCH3 is 1. The zero-order valence-electron chi connectivity index (χ0n) is 17.8. The zero-order chi connectivity index (χ0) is 22.2. The molecule has 0 aliphatic heterocycles. The number of aliphatic carboxylic acids is 1. The summed E-state index contributed by atoms with van der Waals surface area (Å²) in [5, 5.41) is 17.4. The number of benzene rings is 1. The number of carbonyl (C=O) groups is 1. The number of carboxylic acid groups (broad SMARTS) is 1. The molecule has 4 rings (SSSR count). The molecule has 0 radical (unpaired) electrons. The van der Waals surface area contributed by atoms with Gasteiger partial charge in [-0.15, -0.1) is 11.3 Å². The van der Waals surface area contributed by atoms with Gasteiger partial charge in [0.25, 0.3) is 0 Å². The highest BCUT2D eigenvalue weighted by atomic mass is 35.5. The van der Waals surface area contributed by atoms with Crippen LogP contribution in [0.25, 0.3) is 10.2 Å². The fraction of sp³-hybridized carbons (Fsp3) is 0.435. The van der Waals surface area contributed by atoms with Gasteiger partial charge in [-0.1, -0.05) is 31.5 Å². The van der Waals surface area contributed by atoms with Crippen LogP contribution in [-0.2, 0) is 16.8 Å². The lowest BCUT2D eigenvalue weighted by Gasteiger charge is -2.45. The Morgan fingerprint density at radius 1 is 1.39 bits per heavy atom. The van der Waals surface area contributed by atoms with Crippen molar-refractivity contribution in [2.24, 2.45) is 11.8 Å². The van der Waals surface area contributed by atoms with Crippen molar-refractivity contribution in [3.63, 3.8) is 0 Å². The Bertz CT molecular complexity index is 1100. The molecular formula is C23H26ClN3O3S. The third-order valence-corrected chi connectivity index (χ3v) is 7.94. The summed E-state index contributed by atoms with van der Waals surface area (Å²) in [5.41, 5.74) is -0.0219. The van der Waals surface area contributed by atoms with Gasteiger partial charge < -0.3 is 15.2 Å². The van der Waals surface area contributed by atoms with Crippen LogP contribution in [-0.4, -0.2) is 34.2 Å². The van der Waals surface area contributed by atoms with Crippen molar-refractivity contribution in [2.45, 2.75) is 44.7 Å². The first kappa shape index (κ1) is 22.0. The lowest BCUT2D eigenvalue weighted by atomic mass is 9.60. The maximum absolute atomic E-state index is 12.6. The molecule has 0 saturated heterocycles. The van der Waals surface area contributed by atoms with Crippen LogP contribution in [0.5, 0.6) is 5.75 Å². The highest BCUT2D eigenvalue weighted by molar-refractivity contribution is 7.16. The zero-order valence-corrected chi connectivity index (χ0v) is 19.3. The maximum atomic E-state index is 12.6. The van der Waals surface area contributed by atoms with E-state index >= 15 is 0 Å². The van der Waals surface area contributed by atoms with Crippen molar-refractivity contribution in [2.75, 3.05) is 7.11 Å². The van der Waals surface area contributed by atoms with Crippen LogP contribution in [0.2, 0.25) is 5.02 Å². The molecule has 4 unspecified atom stereocenters. The second kappa shape index (κ2) is 8.73. The number of thiophene rings is 1. The Hall–Kier alpha value is -2.22. The van der Waals surface area contributed by atoms with E-state index in [9.17, 15) is 9.90 Å². The van der Waals surface area contributed by atoms with Gasteiger partial charge in [0.2, 0.25) is 0 Å². The van der Waals surface area contributed by atoms with Crippen LogP contribution in [0.3, 0.4) is 0 Å². The van der Waals surface area contributed by atoms with Gasteiger partial charge in [0.1, 0.15) is 21.8 Å². The first-order chi connectivity index (χ1) is 14.9. The minimum Gasteiger partial charge on any atom is -0.495 e. The number of rotatable bonds is 6. The van der Waals surface area contributed by atoms with Crippen LogP contribution in [0, 0.1) is 11.8 Å². The van der Waals surface area contributed by atoms with Crippen molar-refractivity contribution in [3.05, 3.63) is 52.3 Å². The number of nitrogens with zero attached hydrogens (tertiary/aromatic N) is 2. The third-order valence-electron chi connectivity index (χ3n) is 6.82. The molecule has 1 aliphatic rings. The average Bonchev–Trinajstić information content (AvgIpc) is 3.23. The van der Waals surface area contributed by atoms with E-state index < -0.39 is 11.4 Å². The van der Waals surface area contributed by atoms with E-state index in [1.54, 1.807) is 13.3 Å². The highest BCUT2D eigenvalue weighted by Crippen LogP contribution is 2.46. The summed E-state index contributed by atoms with van der Waals surface area (Å²) in [7, 11) is 1.60. The smallest absolute Gasteiger partial charge is 0.317 e. The molecule has 0 bridgehead atoms. The van der Waals surface area contributed by atoms with Gasteiger partial charge in [0.05, 0.1) is 12.1 Å².